The highest BCUT2D eigenvalue weighted by molar-refractivity contribution is 5.92. The molecule has 7 heteroatoms. The molecule has 0 radical (unpaired) electrons. The van der Waals surface area contributed by atoms with Gasteiger partial charge in [-0.25, -0.2) is 0 Å². The van der Waals surface area contributed by atoms with Crippen LogP contribution in [0.3, 0.4) is 0 Å². The van der Waals surface area contributed by atoms with E-state index in [9.17, 15) is 14.9 Å². The van der Waals surface area contributed by atoms with Crippen molar-refractivity contribution < 1.29 is 19.2 Å². The number of carbonyl (C=O) groups excluding carboxylic acids is 1. The van der Waals surface area contributed by atoms with E-state index in [1.165, 1.54) is 32.4 Å². The number of nitro groups is 1. The van der Waals surface area contributed by atoms with Gasteiger partial charge in [-0.1, -0.05) is 24.3 Å². The number of methoxy groups -OCH3 is 2. The van der Waals surface area contributed by atoms with Gasteiger partial charge in [0.05, 0.1) is 24.7 Å². The molecule has 0 saturated heterocycles. The molecule has 25 heavy (non-hydrogen) atoms. The van der Waals surface area contributed by atoms with Crippen LogP contribution in [0.4, 0.5) is 5.69 Å². The van der Waals surface area contributed by atoms with Crippen molar-refractivity contribution in [1.29, 1.82) is 0 Å². The molecule has 130 valence electrons. The number of hydrogen-bond acceptors (Lipinski definition) is 5. The number of ether oxygens (including phenoxy) is 2. The summed E-state index contributed by atoms with van der Waals surface area (Å²) in [5, 5.41) is 13.7. The van der Waals surface area contributed by atoms with Gasteiger partial charge in [0.1, 0.15) is 0 Å². The highest BCUT2D eigenvalue weighted by Crippen LogP contribution is 2.30. The smallest absolute Gasteiger partial charge is 0.276 e. The Morgan fingerprint density at radius 1 is 1.16 bits per heavy atom. The maximum Gasteiger partial charge on any atom is 0.276 e. The van der Waals surface area contributed by atoms with Crippen LogP contribution >= 0.6 is 0 Å². The highest BCUT2D eigenvalue weighted by atomic mass is 16.6. The fourth-order valence-corrected chi connectivity index (χ4v) is 2.29. The number of hydrogen-bond donors (Lipinski definition) is 1. The van der Waals surface area contributed by atoms with Crippen molar-refractivity contribution in [1.82, 2.24) is 5.32 Å². The predicted molar refractivity (Wildman–Crippen MR) is 93.5 cm³/mol. The molecule has 0 fully saturated rings. The van der Waals surface area contributed by atoms with Crippen molar-refractivity contribution in [2.75, 3.05) is 14.2 Å². The third kappa shape index (κ3) is 4.57. The molecule has 0 aliphatic rings. The maximum absolute atomic E-state index is 12.0. The minimum Gasteiger partial charge on any atom is -0.493 e. The molecule has 7 nitrogen and oxygen atoms in total. The standard InChI is InChI=1S/C18H18N2O5/c1-24-16-9-5-7-14(18(16)25-2)12-19-17(21)11-10-13-6-3-4-8-15(13)20(22)23/h3-11H,12H2,1-2H3,(H,19,21)/b11-10+. The van der Waals surface area contributed by atoms with E-state index in [0.717, 1.165) is 5.56 Å². The van der Waals surface area contributed by atoms with Crippen molar-refractivity contribution in [3.63, 3.8) is 0 Å². The summed E-state index contributed by atoms with van der Waals surface area (Å²) in [5.41, 5.74) is 1.07. The molecule has 2 aromatic carbocycles. The van der Waals surface area contributed by atoms with Gasteiger partial charge in [-0.15, -0.1) is 0 Å². The normalized spacial score (nSPS) is 10.5. The monoisotopic (exact) mass is 342 g/mol. The zero-order valence-corrected chi connectivity index (χ0v) is 13.9. The number of para-hydroxylation sites is 2. The third-order valence-electron chi connectivity index (χ3n) is 3.49. The SMILES string of the molecule is COc1cccc(CNC(=O)/C=C/c2ccccc2[N+](=O)[O-])c1OC. The maximum atomic E-state index is 12.0. The van der Waals surface area contributed by atoms with Crippen LogP contribution in [0.1, 0.15) is 11.1 Å². The molecule has 0 aliphatic carbocycles. The Hall–Kier alpha value is -3.35. The number of benzene rings is 2. The van der Waals surface area contributed by atoms with Gasteiger partial charge in [0.15, 0.2) is 11.5 Å². The second-order valence-electron chi connectivity index (χ2n) is 5.02. The van der Waals surface area contributed by atoms with Crippen LogP contribution in [0.2, 0.25) is 0 Å². The van der Waals surface area contributed by atoms with Gasteiger partial charge in [0.25, 0.3) is 5.69 Å². The van der Waals surface area contributed by atoms with Gasteiger partial charge in [-0.3, -0.25) is 14.9 Å². The number of nitro benzene ring substituents is 1. The van der Waals surface area contributed by atoms with Crippen LogP contribution < -0.4 is 14.8 Å². The molecule has 1 N–H and O–H groups in total. The Balaban J connectivity index is 2.06. The van der Waals surface area contributed by atoms with Crippen molar-refractivity contribution in [3.05, 3.63) is 69.8 Å². The lowest BCUT2D eigenvalue weighted by atomic mass is 10.1. The summed E-state index contributed by atoms with van der Waals surface area (Å²) in [5.74, 6) is 0.751. The molecule has 0 unspecified atom stereocenters. The predicted octanol–water partition coefficient (Wildman–Crippen LogP) is 2.94. The van der Waals surface area contributed by atoms with Gasteiger partial charge in [0, 0.05) is 24.3 Å². The van der Waals surface area contributed by atoms with E-state index in [0.29, 0.717) is 17.1 Å². The molecule has 0 aliphatic heterocycles. The Morgan fingerprint density at radius 3 is 2.60 bits per heavy atom. The van der Waals surface area contributed by atoms with E-state index in [1.807, 2.05) is 6.07 Å². The van der Waals surface area contributed by atoms with E-state index in [4.69, 9.17) is 9.47 Å². The summed E-state index contributed by atoms with van der Waals surface area (Å²) in [6, 6.07) is 11.6. The fraction of sp³-hybridized carbons (Fsp3) is 0.167. The Bertz CT molecular complexity index is 802. The first-order valence-electron chi connectivity index (χ1n) is 7.46. The van der Waals surface area contributed by atoms with E-state index >= 15 is 0 Å². The zero-order valence-electron chi connectivity index (χ0n) is 13.9. The van der Waals surface area contributed by atoms with Crippen molar-refractivity contribution in [2.45, 2.75) is 6.54 Å². The molecule has 2 rings (SSSR count). The second kappa shape index (κ2) is 8.49. The van der Waals surface area contributed by atoms with Gasteiger partial charge < -0.3 is 14.8 Å². The lowest BCUT2D eigenvalue weighted by Gasteiger charge is -2.12. The van der Waals surface area contributed by atoms with Crippen molar-refractivity contribution in [3.8, 4) is 11.5 Å². The quantitative estimate of drug-likeness (QED) is 0.474. The van der Waals surface area contributed by atoms with E-state index < -0.39 is 4.92 Å². The summed E-state index contributed by atoms with van der Waals surface area (Å²) in [6.07, 6.45) is 2.67. The van der Waals surface area contributed by atoms with Crippen LogP contribution in [0.5, 0.6) is 11.5 Å². The number of rotatable bonds is 7. The summed E-state index contributed by atoms with van der Waals surface area (Å²) in [4.78, 5) is 22.5. The number of nitrogens with one attached hydrogen (secondary N) is 1. The van der Waals surface area contributed by atoms with Crippen LogP contribution in [0.25, 0.3) is 6.08 Å². The summed E-state index contributed by atoms with van der Waals surface area (Å²) >= 11 is 0. The molecule has 0 atom stereocenters. The number of carbonyl (C=O) groups is 1. The minimum atomic E-state index is -0.487. The fourth-order valence-electron chi connectivity index (χ4n) is 2.29. The zero-order chi connectivity index (χ0) is 18.2. The van der Waals surface area contributed by atoms with Gasteiger partial charge in [-0.2, -0.15) is 0 Å². The Labute approximate surface area is 145 Å². The first-order valence-corrected chi connectivity index (χ1v) is 7.46. The van der Waals surface area contributed by atoms with Crippen LogP contribution in [0.15, 0.2) is 48.5 Å². The van der Waals surface area contributed by atoms with Gasteiger partial charge in [-0.05, 0) is 18.2 Å². The molecule has 0 saturated carbocycles. The largest absolute Gasteiger partial charge is 0.493 e. The molecule has 0 aromatic heterocycles. The third-order valence-corrected chi connectivity index (χ3v) is 3.49. The molecule has 0 spiro atoms. The number of nitrogens with zero attached hydrogens (tertiary/aromatic N) is 1. The Kier molecular flexibility index (Phi) is 6.11. The van der Waals surface area contributed by atoms with Crippen molar-refractivity contribution >= 4 is 17.7 Å². The summed E-state index contributed by atoms with van der Waals surface area (Å²) < 4.78 is 10.5. The van der Waals surface area contributed by atoms with Crippen LogP contribution in [0, 0.1) is 10.1 Å². The highest BCUT2D eigenvalue weighted by Gasteiger charge is 2.11. The summed E-state index contributed by atoms with van der Waals surface area (Å²) in [7, 11) is 3.06. The molecular weight excluding hydrogens is 324 g/mol. The molecule has 2 aromatic rings. The molecule has 1 amide bonds. The van der Waals surface area contributed by atoms with E-state index in [2.05, 4.69) is 5.32 Å². The average molecular weight is 342 g/mol. The summed E-state index contributed by atoms with van der Waals surface area (Å²) in [6.45, 7) is 0.237. The van der Waals surface area contributed by atoms with Gasteiger partial charge in [0.2, 0.25) is 5.91 Å². The topological polar surface area (TPSA) is 90.7 Å². The minimum absolute atomic E-state index is 0.0546. The van der Waals surface area contributed by atoms with Gasteiger partial charge >= 0.3 is 0 Å². The Morgan fingerprint density at radius 2 is 1.92 bits per heavy atom. The van der Waals surface area contributed by atoms with Crippen LogP contribution in [-0.2, 0) is 11.3 Å². The average Bonchev–Trinajstić information content (AvgIpc) is 2.64. The molecular formula is C18H18N2O5. The first kappa shape index (κ1) is 18.0. The van der Waals surface area contributed by atoms with Crippen LogP contribution in [-0.4, -0.2) is 25.1 Å². The lowest BCUT2D eigenvalue weighted by Crippen LogP contribution is -2.20. The number of amides is 1. The second-order valence-corrected chi connectivity index (χ2v) is 5.02. The lowest BCUT2D eigenvalue weighted by molar-refractivity contribution is -0.385. The molecule has 0 bridgehead atoms. The van der Waals surface area contributed by atoms with E-state index in [1.54, 1.807) is 30.3 Å². The van der Waals surface area contributed by atoms with E-state index in [-0.39, 0.29) is 18.1 Å². The molecule has 0 heterocycles. The first-order chi connectivity index (χ1) is 12.1. The van der Waals surface area contributed by atoms with Crippen molar-refractivity contribution in [2.24, 2.45) is 0 Å².